The predicted octanol–water partition coefficient (Wildman–Crippen LogP) is 3.95. The van der Waals surface area contributed by atoms with E-state index in [2.05, 4.69) is 32.7 Å². The quantitative estimate of drug-likeness (QED) is 0.674. The number of aliphatic imine (C=N–C) groups is 1. The summed E-state index contributed by atoms with van der Waals surface area (Å²) in [5, 5.41) is 6.67. The van der Waals surface area contributed by atoms with Crippen molar-refractivity contribution in [2.45, 2.75) is 6.54 Å². The van der Waals surface area contributed by atoms with E-state index in [9.17, 15) is 4.79 Å². The summed E-state index contributed by atoms with van der Waals surface area (Å²) in [6, 6.07) is 21.0. The molecule has 146 valence electrons. The molecule has 1 aliphatic rings. The Morgan fingerprint density at radius 2 is 1.86 bits per heavy atom. The Kier molecular flexibility index (Phi) is 5.72. The molecule has 2 aromatic carbocycles. The van der Waals surface area contributed by atoms with E-state index in [0.29, 0.717) is 29.5 Å². The second-order valence-corrected chi connectivity index (χ2v) is 6.97. The number of nitrogens with zero attached hydrogens (tertiary/aromatic N) is 3. The highest BCUT2D eigenvalue weighted by molar-refractivity contribution is 6.30. The number of anilines is 2. The highest BCUT2D eigenvalue weighted by Gasteiger charge is 2.22. The summed E-state index contributed by atoms with van der Waals surface area (Å²) >= 11 is 5.88. The lowest BCUT2D eigenvalue weighted by molar-refractivity contribution is 0.102. The van der Waals surface area contributed by atoms with E-state index in [4.69, 9.17) is 11.6 Å². The summed E-state index contributed by atoms with van der Waals surface area (Å²) in [4.78, 5) is 23.8. The number of amides is 1. The van der Waals surface area contributed by atoms with Crippen LogP contribution >= 0.6 is 11.6 Å². The van der Waals surface area contributed by atoms with Crippen LogP contribution in [0.1, 0.15) is 15.9 Å². The summed E-state index contributed by atoms with van der Waals surface area (Å²) in [7, 11) is 0. The molecule has 1 aliphatic heterocycles. The first kappa shape index (κ1) is 19.0. The summed E-state index contributed by atoms with van der Waals surface area (Å²) in [5.41, 5.74) is 2.44. The van der Waals surface area contributed by atoms with Crippen molar-refractivity contribution in [1.29, 1.82) is 0 Å². The number of pyridine rings is 1. The molecule has 3 aromatic rings. The van der Waals surface area contributed by atoms with Crippen LogP contribution in [-0.4, -0.2) is 29.9 Å². The van der Waals surface area contributed by atoms with E-state index in [1.165, 1.54) is 6.20 Å². The van der Waals surface area contributed by atoms with Crippen LogP contribution in [0.3, 0.4) is 0 Å². The Bertz CT molecular complexity index is 1020. The van der Waals surface area contributed by atoms with Gasteiger partial charge in [0.05, 0.1) is 29.4 Å². The summed E-state index contributed by atoms with van der Waals surface area (Å²) in [5.74, 6) is 0.964. The number of guanidine groups is 1. The van der Waals surface area contributed by atoms with Gasteiger partial charge in [-0.2, -0.15) is 0 Å². The van der Waals surface area contributed by atoms with Crippen molar-refractivity contribution in [3.05, 3.63) is 89.1 Å². The number of rotatable bonds is 5. The number of halogens is 1. The number of hydrogen-bond donors (Lipinski definition) is 2. The number of carbonyl (C=O) groups excluding carboxylic acids is 1. The lowest BCUT2D eigenvalue weighted by Gasteiger charge is -2.26. The fraction of sp³-hybridized carbons (Fsp3) is 0.136. The van der Waals surface area contributed by atoms with Crippen LogP contribution in [0.15, 0.2) is 77.9 Å². The topological polar surface area (TPSA) is 69.6 Å². The highest BCUT2D eigenvalue weighted by Crippen LogP contribution is 2.24. The Morgan fingerprint density at radius 3 is 2.59 bits per heavy atom. The van der Waals surface area contributed by atoms with Gasteiger partial charge in [-0.05, 0) is 29.8 Å². The molecule has 0 aliphatic carbocycles. The third-order valence-corrected chi connectivity index (χ3v) is 4.73. The zero-order valence-corrected chi connectivity index (χ0v) is 16.4. The SMILES string of the molecule is O=C(Nc1ccc(Cl)cn1)c1ccccc1N(Cc1ccccc1)C1=NCCN1. The third-order valence-electron chi connectivity index (χ3n) is 4.50. The van der Waals surface area contributed by atoms with Gasteiger partial charge >= 0.3 is 0 Å². The average molecular weight is 406 g/mol. The Morgan fingerprint density at radius 1 is 1.07 bits per heavy atom. The minimum Gasteiger partial charge on any atom is -0.354 e. The molecule has 6 nitrogen and oxygen atoms in total. The summed E-state index contributed by atoms with van der Waals surface area (Å²) in [6.07, 6.45) is 1.50. The highest BCUT2D eigenvalue weighted by atomic mass is 35.5. The fourth-order valence-electron chi connectivity index (χ4n) is 3.14. The van der Waals surface area contributed by atoms with Crippen molar-refractivity contribution in [2.24, 2.45) is 4.99 Å². The monoisotopic (exact) mass is 405 g/mol. The van der Waals surface area contributed by atoms with Crippen molar-refractivity contribution in [3.63, 3.8) is 0 Å². The van der Waals surface area contributed by atoms with Gasteiger partial charge in [-0.25, -0.2) is 4.98 Å². The van der Waals surface area contributed by atoms with E-state index < -0.39 is 0 Å². The molecular formula is C22H20ClN5O. The first-order valence-electron chi connectivity index (χ1n) is 9.32. The smallest absolute Gasteiger partial charge is 0.258 e. The number of benzene rings is 2. The zero-order chi connectivity index (χ0) is 20.1. The molecule has 2 heterocycles. The molecule has 1 amide bonds. The lowest BCUT2D eigenvalue weighted by Crippen LogP contribution is -2.39. The van der Waals surface area contributed by atoms with Crippen LogP contribution in [-0.2, 0) is 6.54 Å². The van der Waals surface area contributed by atoms with Crippen LogP contribution in [0.25, 0.3) is 0 Å². The molecular weight excluding hydrogens is 386 g/mol. The van der Waals surface area contributed by atoms with Crippen molar-refractivity contribution in [2.75, 3.05) is 23.3 Å². The second kappa shape index (κ2) is 8.75. The van der Waals surface area contributed by atoms with E-state index >= 15 is 0 Å². The van der Waals surface area contributed by atoms with Crippen molar-refractivity contribution < 1.29 is 4.79 Å². The van der Waals surface area contributed by atoms with Crippen molar-refractivity contribution >= 4 is 35.0 Å². The first-order chi connectivity index (χ1) is 14.2. The van der Waals surface area contributed by atoms with Gasteiger partial charge in [-0.3, -0.25) is 9.79 Å². The van der Waals surface area contributed by atoms with Gasteiger partial charge in [-0.1, -0.05) is 54.1 Å². The fourth-order valence-corrected chi connectivity index (χ4v) is 3.25. The van der Waals surface area contributed by atoms with Crippen LogP contribution in [0.4, 0.5) is 11.5 Å². The van der Waals surface area contributed by atoms with E-state index in [-0.39, 0.29) is 5.91 Å². The predicted molar refractivity (Wildman–Crippen MR) is 117 cm³/mol. The molecule has 2 N–H and O–H groups in total. The molecule has 7 heteroatoms. The van der Waals surface area contributed by atoms with Crippen LogP contribution < -0.4 is 15.5 Å². The number of hydrogen-bond acceptors (Lipinski definition) is 5. The standard InChI is InChI=1S/C22H20ClN5O/c23-17-10-11-20(26-14-17)27-21(29)18-8-4-5-9-19(18)28(22-24-12-13-25-22)15-16-6-2-1-3-7-16/h1-11,14H,12-13,15H2,(H,24,25)(H,26,27,29). The van der Waals surface area contributed by atoms with Crippen LogP contribution in [0.5, 0.6) is 0 Å². The Balaban J connectivity index is 1.66. The number of aromatic nitrogens is 1. The van der Waals surface area contributed by atoms with Gasteiger partial charge in [0.1, 0.15) is 5.82 Å². The largest absolute Gasteiger partial charge is 0.354 e. The summed E-state index contributed by atoms with van der Waals surface area (Å²) < 4.78 is 0. The normalized spacial score (nSPS) is 12.8. The molecule has 0 saturated heterocycles. The third kappa shape index (κ3) is 4.55. The van der Waals surface area contributed by atoms with Gasteiger partial charge < -0.3 is 15.5 Å². The maximum atomic E-state index is 13.0. The first-order valence-corrected chi connectivity index (χ1v) is 9.70. The molecule has 1 aromatic heterocycles. The molecule has 0 radical (unpaired) electrons. The lowest BCUT2D eigenvalue weighted by atomic mass is 10.1. The van der Waals surface area contributed by atoms with Gasteiger partial charge in [0.2, 0.25) is 0 Å². The maximum absolute atomic E-state index is 13.0. The minimum atomic E-state index is -0.243. The zero-order valence-electron chi connectivity index (χ0n) is 15.7. The second-order valence-electron chi connectivity index (χ2n) is 6.54. The van der Waals surface area contributed by atoms with Gasteiger partial charge in [0.15, 0.2) is 5.96 Å². The number of carbonyl (C=O) groups is 1. The van der Waals surface area contributed by atoms with Gasteiger partial charge in [0, 0.05) is 12.7 Å². The average Bonchev–Trinajstić information content (AvgIpc) is 3.29. The van der Waals surface area contributed by atoms with E-state index in [0.717, 1.165) is 23.8 Å². The minimum absolute atomic E-state index is 0.243. The molecule has 0 unspecified atom stereocenters. The Labute approximate surface area is 174 Å². The van der Waals surface area contributed by atoms with Crippen LogP contribution in [0, 0.1) is 0 Å². The van der Waals surface area contributed by atoms with Crippen molar-refractivity contribution in [1.82, 2.24) is 10.3 Å². The summed E-state index contributed by atoms with van der Waals surface area (Å²) in [6.45, 7) is 2.09. The Hall–Kier alpha value is -3.38. The van der Waals surface area contributed by atoms with Gasteiger partial charge in [-0.15, -0.1) is 0 Å². The van der Waals surface area contributed by atoms with Crippen molar-refractivity contribution in [3.8, 4) is 0 Å². The van der Waals surface area contributed by atoms with Gasteiger partial charge in [0.25, 0.3) is 5.91 Å². The molecule has 0 bridgehead atoms. The number of nitrogens with one attached hydrogen (secondary N) is 2. The maximum Gasteiger partial charge on any atom is 0.258 e. The molecule has 0 fully saturated rings. The molecule has 29 heavy (non-hydrogen) atoms. The molecule has 4 rings (SSSR count). The van der Waals surface area contributed by atoms with Crippen LogP contribution in [0.2, 0.25) is 5.02 Å². The molecule has 0 spiro atoms. The van der Waals surface area contributed by atoms with E-state index in [1.54, 1.807) is 18.2 Å². The molecule has 0 atom stereocenters. The number of para-hydroxylation sites is 1. The van der Waals surface area contributed by atoms with E-state index in [1.807, 2.05) is 41.3 Å². The molecule has 0 saturated carbocycles.